The highest BCUT2D eigenvalue weighted by Crippen LogP contribution is 2.34. The zero-order valence-electron chi connectivity index (χ0n) is 14.6. The summed E-state index contributed by atoms with van der Waals surface area (Å²) in [6.07, 6.45) is 7.77. The number of nitrogens with zero attached hydrogens (tertiary/aromatic N) is 1. The van der Waals surface area contributed by atoms with Gasteiger partial charge in [0.1, 0.15) is 0 Å². The van der Waals surface area contributed by atoms with E-state index in [4.69, 9.17) is 4.74 Å². The highest BCUT2D eigenvalue weighted by Gasteiger charge is 2.36. The number of ether oxygens (including phenoxy) is 1. The van der Waals surface area contributed by atoms with Crippen molar-refractivity contribution in [3.05, 3.63) is 0 Å². The highest BCUT2D eigenvalue weighted by molar-refractivity contribution is 4.93. The first-order valence-electron chi connectivity index (χ1n) is 9.16. The normalized spacial score (nSPS) is 32.0. The molecule has 1 aliphatic carbocycles. The zero-order valence-corrected chi connectivity index (χ0v) is 14.6. The third kappa shape index (κ3) is 4.67. The molecule has 21 heavy (non-hydrogen) atoms. The van der Waals surface area contributed by atoms with E-state index in [0.717, 1.165) is 37.6 Å². The third-order valence-electron chi connectivity index (χ3n) is 5.75. The van der Waals surface area contributed by atoms with Crippen LogP contribution >= 0.6 is 0 Å². The van der Waals surface area contributed by atoms with Crippen molar-refractivity contribution in [1.29, 1.82) is 0 Å². The van der Waals surface area contributed by atoms with Gasteiger partial charge in [0.25, 0.3) is 0 Å². The molecule has 3 unspecified atom stereocenters. The molecule has 124 valence electrons. The standard InChI is InChI=1S/C18H36N2O/c1-5-10-19-17-7-6-15(14(2)3)13-18(17)20(4)16-8-11-21-12-9-16/h14-19H,5-13H2,1-4H3. The topological polar surface area (TPSA) is 24.5 Å². The summed E-state index contributed by atoms with van der Waals surface area (Å²) in [7, 11) is 2.37. The lowest BCUT2D eigenvalue weighted by Crippen LogP contribution is -2.56. The van der Waals surface area contributed by atoms with Gasteiger partial charge in [-0.1, -0.05) is 20.8 Å². The van der Waals surface area contributed by atoms with Gasteiger partial charge < -0.3 is 10.1 Å². The monoisotopic (exact) mass is 296 g/mol. The first-order valence-corrected chi connectivity index (χ1v) is 9.16. The quantitative estimate of drug-likeness (QED) is 0.814. The van der Waals surface area contributed by atoms with Crippen LogP contribution in [0.15, 0.2) is 0 Å². The summed E-state index contributed by atoms with van der Waals surface area (Å²) >= 11 is 0. The van der Waals surface area contributed by atoms with Gasteiger partial charge in [-0.3, -0.25) is 4.90 Å². The molecule has 0 aromatic carbocycles. The molecule has 0 spiro atoms. The lowest BCUT2D eigenvalue weighted by atomic mass is 9.76. The van der Waals surface area contributed by atoms with E-state index < -0.39 is 0 Å². The SMILES string of the molecule is CCCNC1CCC(C(C)C)CC1N(C)C1CCOCC1. The maximum atomic E-state index is 5.55. The molecule has 3 heteroatoms. The molecular weight excluding hydrogens is 260 g/mol. The number of hydrogen-bond donors (Lipinski definition) is 1. The molecule has 1 saturated carbocycles. The lowest BCUT2D eigenvalue weighted by molar-refractivity contribution is 0.00493. The molecular formula is C18H36N2O. The van der Waals surface area contributed by atoms with E-state index in [1.807, 2.05) is 0 Å². The van der Waals surface area contributed by atoms with Crippen LogP contribution in [-0.4, -0.2) is 49.8 Å². The molecule has 0 bridgehead atoms. The van der Waals surface area contributed by atoms with Crippen molar-refractivity contribution in [2.75, 3.05) is 26.8 Å². The first-order chi connectivity index (χ1) is 10.1. The molecule has 0 aromatic heterocycles. The molecule has 1 saturated heterocycles. The van der Waals surface area contributed by atoms with Gasteiger partial charge in [-0.25, -0.2) is 0 Å². The summed E-state index contributed by atoms with van der Waals surface area (Å²) < 4.78 is 5.55. The molecule has 0 aromatic rings. The second-order valence-corrected chi connectivity index (χ2v) is 7.45. The van der Waals surface area contributed by atoms with E-state index in [-0.39, 0.29) is 0 Å². The van der Waals surface area contributed by atoms with Crippen LogP contribution in [0.3, 0.4) is 0 Å². The molecule has 0 radical (unpaired) electrons. The van der Waals surface area contributed by atoms with Crippen molar-refractivity contribution in [2.24, 2.45) is 11.8 Å². The van der Waals surface area contributed by atoms with E-state index in [2.05, 4.69) is 38.0 Å². The zero-order chi connectivity index (χ0) is 15.2. The Hall–Kier alpha value is -0.120. The highest BCUT2D eigenvalue weighted by atomic mass is 16.5. The fraction of sp³-hybridized carbons (Fsp3) is 1.00. The third-order valence-corrected chi connectivity index (χ3v) is 5.75. The Balaban J connectivity index is 2.00. The van der Waals surface area contributed by atoms with E-state index in [9.17, 15) is 0 Å². The van der Waals surface area contributed by atoms with Gasteiger partial charge >= 0.3 is 0 Å². The van der Waals surface area contributed by atoms with Gasteiger partial charge in [0.15, 0.2) is 0 Å². The number of hydrogen-bond acceptors (Lipinski definition) is 3. The predicted molar refractivity (Wildman–Crippen MR) is 89.7 cm³/mol. The second kappa shape index (κ2) is 8.50. The number of likely N-dealkylation sites (N-methyl/N-ethyl adjacent to an activating group) is 1. The Morgan fingerprint density at radius 1 is 1.14 bits per heavy atom. The molecule has 1 N–H and O–H groups in total. The fourth-order valence-corrected chi connectivity index (χ4v) is 4.16. The molecule has 2 aliphatic rings. The minimum atomic E-state index is 0.688. The van der Waals surface area contributed by atoms with E-state index in [1.165, 1.54) is 38.5 Å². The average molecular weight is 296 g/mol. The van der Waals surface area contributed by atoms with Crippen LogP contribution in [-0.2, 0) is 4.74 Å². The smallest absolute Gasteiger partial charge is 0.0480 e. The van der Waals surface area contributed by atoms with Crippen LogP contribution in [0.4, 0.5) is 0 Å². The molecule has 2 fully saturated rings. The van der Waals surface area contributed by atoms with Crippen LogP contribution < -0.4 is 5.32 Å². The predicted octanol–water partition coefficient (Wildman–Crippen LogP) is 3.29. The summed E-state index contributed by atoms with van der Waals surface area (Å²) in [6.45, 7) is 10.1. The Morgan fingerprint density at radius 2 is 1.86 bits per heavy atom. The molecule has 3 atom stereocenters. The minimum absolute atomic E-state index is 0.688. The van der Waals surface area contributed by atoms with Crippen molar-refractivity contribution < 1.29 is 4.74 Å². The Kier molecular flexibility index (Phi) is 6.97. The Bertz CT molecular complexity index is 289. The summed E-state index contributed by atoms with van der Waals surface area (Å²) in [5, 5.41) is 3.83. The molecule has 0 amide bonds. The van der Waals surface area contributed by atoms with Gasteiger partial charge in [0, 0.05) is 31.3 Å². The fourth-order valence-electron chi connectivity index (χ4n) is 4.16. The van der Waals surface area contributed by atoms with Crippen molar-refractivity contribution in [3.8, 4) is 0 Å². The molecule has 2 rings (SSSR count). The Morgan fingerprint density at radius 3 is 2.48 bits per heavy atom. The van der Waals surface area contributed by atoms with Gasteiger partial charge in [-0.2, -0.15) is 0 Å². The number of rotatable bonds is 6. The summed E-state index contributed by atoms with van der Waals surface area (Å²) in [4.78, 5) is 2.70. The van der Waals surface area contributed by atoms with Crippen LogP contribution in [0.2, 0.25) is 0 Å². The van der Waals surface area contributed by atoms with Crippen molar-refractivity contribution in [3.63, 3.8) is 0 Å². The molecule has 1 heterocycles. The lowest BCUT2D eigenvalue weighted by Gasteiger charge is -2.46. The maximum Gasteiger partial charge on any atom is 0.0480 e. The molecule has 3 nitrogen and oxygen atoms in total. The van der Waals surface area contributed by atoms with E-state index >= 15 is 0 Å². The van der Waals surface area contributed by atoms with Crippen LogP contribution in [0, 0.1) is 11.8 Å². The Labute approximate surface area is 131 Å². The second-order valence-electron chi connectivity index (χ2n) is 7.45. The van der Waals surface area contributed by atoms with Crippen LogP contribution in [0.25, 0.3) is 0 Å². The van der Waals surface area contributed by atoms with Gasteiger partial charge in [0.05, 0.1) is 0 Å². The van der Waals surface area contributed by atoms with Crippen LogP contribution in [0.5, 0.6) is 0 Å². The van der Waals surface area contributed by atoms with E-state index in [0.29, 0.717) is 12.1 Å². The van der Waals surface area contributed by atoms with Gasteiger partial charge in [0.2, 0.25) is 0 Å². The van der Waals surface area contributed by atoms with Gasteiger partial charge in [-0.15, -0.1) is 0 Å². The van der Waals surface area contributed by atoms with Gasteiger partial charge in [-0.05, 0) is 64.0 Å². The molecule has 1 aliphatic heterocycles. The van der Waals surface area contributed by atoms with Crippen molar-refractivity contribution in [1.82, 2.24) is 10.2 Å². The average Bonchev–Trinajstić information content (AvgIpc) is 2.52. The van der Waals surface area contributed by atoms with Crippen molar-refractivity contribution >= 4 is 0 Å². The largest absolute Gasteiger partial charge is 0.381 e. The van der Waals surface area contributed by atoms with Crippen molar-refractivity contribution in [2.45, 2.75) is 77.4 Å². The maximum absolute atomic E-state index is 5.55. The minimum Gasteiger partial charge on any atom is -0.381 e. The summed E-state index contributed by atoms with van der Waals surface area (Å²) in [6, 6.07) is 2.12. The van der Waals surface area contributed by atoms with Crippen LogP contribution in [0.1, 0.15) is 59.3 Å². The summed E-state index contributed by atoms with van der Waals surface area (Å²) in [5.41, 5.74) is 0. The first kappa shape index (κ1) is 17.2. The van der Waals surface area contributed by atoms with E-state index in [1.54, 1.807) is 0 Å². The number of nitrogens with one attached hydrogen (secondary N) is 1. The summed E-state index contributed by atoms with van der Waals surface area (Å²) in [5.74, 6) is 1.72.